The Balaban J connectivity index is 0.000000101. The maximum Gasteiger partial charge on any atom is 0.209 e. The molecule has 72 valence electrons. The van der Waals surface area contributed by atoms with Gasteiger partial charge in [-0.05, 0) is 18.8 Å². The summed E-state index contributed by atoms with van der Waals surface area (Å²) in [6.45, 7) is 1.27. The molecule has 3 aliphatic rings. The lowest BCUT2D eigenvalue weighted by Crippen LogP contribution is -1.84. The van der Waals surface area contributed by atoms with Crippen LogP contribution in [-0.4, -0.2) is 35.4 Å². The van der Waals surface area contributed by atoms with Crippen LogP contribution in [0.25, 0.3) is 0 Å². The summed E-state index contributed by atoms with van der Waals surface area (Å²) in [5.41, 5.74) is 0. The largest absolute Gasteiger partial charge is 0.510 e. The molecule has 2 fully saturated rings. The fourth-order valence-electron chi connectivity index (χ4n) is 1.50. The molecule has 1 aliphatic carbocycles. The molecule has 2 aliphatic heterocycles. The molecule has 2 unspecified atom stereocenters. The lowest BCUT2D eigenvalue weighted by molar-refractivity contribution is 0.156. The summed E-state index contributed by atoms with van der Waals surface area (Å²) in [4.78, 5) is 3.45. The summed E-state index contributed by atoms with van der Waals surface area (Å²) in [5, 5.41) is 16.9. The predicted octanol–water partition coefficient (Wildman–Crippen LogP) is 1.19. The first-order valence-electron chi connectivity index (χ1n) is 4.50. The summed E-state index contributed by atoms with van der Waals surface area (Å²) >= 11 is 0. The Morgan fingerprint density at radius 1 is 1.46 bits per heavy atom. The average molecular weight is 183 g/mol. The molecule has 1 saturated heterocycles. The van der Waals surface area contributed by atoms with Crippen molar-refractivity contribution in [1.29, 1.82) is 0 Å². The first-order valence-corrected chi connectivity index (χ1v) is 4.50. The third kappa shape index (κ3) is 2.21. The third-order valence-electron chi connectivity index (χ3n) is 2.38. The molecule has 0 aromatic heterocycles. The van der Waals surface area contributed by atoms with Crippen molar-refractivity contribution in [2.75, 3.05) is 13.2 Å². The second-order valence-corrected chi connectivity index (χ2v) is 3.50. The van der Waals surface area contributed by atoms with E-state index in [0.717, 1.165) is 12.5 Å². The summed E-state index contributed by atoms with van der Waals surface area (Å²) in [6, 6.07) is 0. The second-order valence-electron chi connectivity index (χ2n) is 3.50. The summed E-state index contributed by atoms with van der Waals surface area (Å²) in [7, 11) is 0. The number of rotatable bonds is 0. The predicted molar refractivity (Wildman–Crippen MR) is 48.1 cm³/mol. The molecule has 0 radical (unpaired) electrons. The van der Waals surface area contributed by atoms with Gasteiger partial charge in [0.15, 0.2) is 0 Å². The lowest BCUT2D eigenvalue weighted by Gasteiger charge is -1.86. The van der Waals surface area contributed by atoms with Crippen LogP contribution < -0.4 is 0 Å². The maximum absolute atomic E-state index is 8.49. The van der Waals surface area contributed by atoms with Crippen molar-refractivity contribution in [3.8, 4) is 0 Å². The first-order chi connectivity index (χ1) is 6.25. The van der Waals surface area contributed by atoms with E-state index in [2.05, 4.69) is 4.99 Å². The number of hydrogen-bond acceptors (Lipinski definition) is 3. The van der Waals surface area contributed by atoms with E-state index in [0.29, 0.717) is 6.10 Å². The molecule has 3 rings (SSSR count). The van der Waals surface area contributed by atoms with Crippen molar-refractivity contribution in [3.05, 3.63) is 11.8 Å². The van der Waals surface area contributed by atoms with Crippen molar-refractivity contribution in [2.24, 2.45) is 10.9 Å². The standard InChI is InChI=1S/C5H8O.C4H5NO2/c1-2-6-5-3-4(1)5;6-3-1-4(7)5-2-3/h4-5H,1-3H2;1,6H,2H2,(H,5,7). The minimum Gasteiger partial charge on any atom is -0.510 e. The fraction of sp³-hybridized carbons (Fsp3) is 0.667. The van der Waals surface area contributed by atoms with E-state index in [9.17, 15) is 0 Å². The van der Waals surface area contributed by atoms with Crippen LogP contribution in [0.2, 0.25) is 0 Å². The van der Waals surface area contributed by atoms with Crippen molar-refractivity contribution < 1.29 is 14.9 Å². The number of hydrogen-bond donors (Lipinski definition) is 2. The quantitative estimate of drug-likeness (QED) is 0.593. The minimum absolute atomic E-state index is 0.0856. The van der Waals surface area contributed by atoms with Gasteiger partial charge in [0.05, 0.1) is 6.10 Å². The van der Waals surface area contributed by atoms with Crippen molar-refractivity contribution in [3.63, 3.8) is 0 Å². The molecule has 2 atom stereocenters. The molecule has 0 bridgehead atoms. The van der Waals surface area contributed by atoms with Gasteiger partial charge in [0.1, 0.15) is 12.3 Å². The van der Waals surface area contributed by atoms with E-state index in [4.69, 9.17) is 14.9 Å². The van der Waals surface area contributed by atoms with Crippen LogP contribution in [0.1, 0.15) is 12.8 Å². The van der Waals surface area contributed by atoms with E-state index in [-0.39, 0.29) is 18.2 Å². The van der Waals surface area contributed by atoms with E-state index in [1.165, 1.54) is 18.9 Å². The van der Waals surface area contributed by atoms with Crippen LogP contribution in [0.5, 0.6) is 0 Å². The molecule has 4 nitrogen and oxygen atoms in total. The van der Waals surface area contributed by atoms with Gasteiger partial charge in [0.25, 0.3) is 0 Å². The van der Waals surface area contributed by atoms with Gasteiger partial charge in [0.2, 0.25) is 5.90 Å². The number of aliphatic hydroxyl groups excluding tert-OH is 2. The Kier molecular flexibility index (Phi) is 2.22. The van der Waals surface area contributed by atoms with Crippen LogP contribution >= 0.6 is 0 Å². The summed E-state index contributed by atoms with van der Waals surface area (Å²) in [5.74, 6) is 1.03. The highest BCUT2D eigenvalue weighted by Gasteiger charge is 2.42. The number of fused-ring (bicyclic) bond motifs is 1. The molecule has 0 aromatic rings. The van der Waals surface area contributed by atoms with Crippen molar-refractivity contribution in [1.82, 2.24) is 0 Å². The van der Waals surface area contributed by atoms with E-state index in [1.54, 1.807) is 0 Å². The van der Waals surface area contributed by atoms with Gasteiger partial charge in [-0.1, -0.05) is 0 Å². The van der Waals surface area contributed by atoms with Gasteiger partial charge in [-0.2, -0.15) is 0 Å². The molecule has 2 N–H and O–H groups in total. The molecule has 4 heteroatoms. The van der Waals surface area contributed by atoms with Gasteiger partial charge in [-0.25, -0.2) is 4.99 Å². The van der Waals surface area contributed by atoms with Gasteiger partial charge >= 0.3 is 0 Å². The van der Waals surface area contributed by atoms with Gasteiger partial charge in [-0.15, -0.1) is 0 Å². The topological polar surface area (TPSA) is 62.0 Å². The molecule has 2 heterocycles. The van der Waals surface area contributed by atoms with Crippen molar-refractivity contribution in [2.45, 2.75) is 18.9 Å². The van der Waals surface area contributed by atoms with E-state index >= 15 is 0 Å². The highest BCUT2D eigenvalue weighted by Crippen LogP contribution is 2.41. The van der Waals surface area contributed by atoms with E-state index < -0.39 is 0 Å². The van der Waals surface area contributed by atoms with Gasteiger partial charge < -0.3 is 14.9 Å². The maximum atomic E-state index is 8.49. The van der Waals surface area contributed by atoms with Gasteiger partial charge in [0, 0.05) is 12.7 Å². The Hall–Kier alpha value is -1.03. The first kappa shape index (κ1) is 8.56. The van der Waals surface area contributed by atoms with Crippen molar-refractivity contribution >= 4 is 5.90 Å². The van der Waals surface area contributed by atoms with Crippen LogP contribution in [0.4, 0.5) is 0 Å². The highest BCUT2D eigenvalue weighted by atomic mass is 16.5. The van der Waals surface area contributed by atoms with E-state index in [1.807, 2.05) is 0 Å². The van der Waals surface area contributed by atoms with Crippen LogP contribution in [-0.2, 0) is 4.74 Å². The summed E-state index contributed by atoms with van der Waals surface area (Å²) in [6.07, 6.45) is 4.63. The zero-order valence-electron chi connectivity index (χ0n) is 7.31. The molecular weight excluding hydrogens is 170 g/mol. The molecular formula is C9H13NO3. The Labute approximate surface area is 76.6 Å². The summed E-state index contributed by atoms with van der Waals surface area (Å²) < 4.78 is 5.23. The zero-order chi connectivity index (χ0) is 9.26. The second kappa shape index (κ2) is 3.38. The molecule has 0 spiro atoms. The number of aliphatic hydroxyl groups is 2. The van der Waals surface area contributed by atoms with Crippen LogP contribution in [0, 0.1) is 5.92 Å². The third-order valence-corrected chi connectivity index (χ3v) is 2.38. The molecule has 0 amide bonds. The minimum atomic E-state index is -0.0856. The lowest BCUT2D eigenvalue weighted by atomic mass is 10.3. The van der Waals surface area contributed by atoms with Gasteiger partial charge in [-0.3, -0.25) is 0 Å². The number of aliphatic imine (C=N–C) groups is 1. The number of ether oxygens (including phenoxy) is 1. The van der Waals surface area contributed by atoms with Crippen LogP contribution in [0.15, 0.2) is 16.8 Å². The number of nitrogens with zero attached hydrogens (tertiary/aromatic N) is 1. The Morgan fingerprint density at radius 2 is 2.31 bits per heavy atom. The average Bonchev–Trinajstić information content (AvgIpc) is 2.53. The molecule has 0 aromatic carbocycles. The Morgan fingerprint density at radius 3 is 2.46 bits per heavy atom. The zero-order valence-corrected chi connectivity index (χ0v) is 7.31. The van der Waals surface area contributed by atoms with Crippen LogP contribution in [0.3, 0.4) is 0 Å². The smallest absolute Gasteiger partial charge is 0.209 e. The monoisotopic (exact) mass is 183 g/mol. The Bertz CT molecular complexity index is 252. The molecule has 1 saturated carbocycles. The highest BCUT2D eigenvalue weighted by molar-refractivity contribution is 5.88. The molecule has 13 heavy (non-hydrogen) atoms. The normalized spacial score (nSPS) is 34.2. The fourth-order valence-corrected chi connectivity index (χ4v) is 1.50. The SMILES string of the molecule is C1CC2CC2O1.OC1=CC(O)=NC1.